The van der Waals surface area contributed by atoms with Crippen molar-refractivity contribution < 1.29 is 14.3 Å². The molecule has 0 bridgehead atoms. The number of carbonyl (C=O) groups is 2. The highest BCUT2D eigenvalue weighted by Gasteiger charge is 2.19. The average molecular weight is 449 g/mol. The Labute approximate surface area is 193 Å². The highest BCUT2D eigenvalue weighted by Crippen LogP contribution is 2.23. The second kappa shape index (κ2) is 12.0. The van der Waals surface area contributed by atoms with Gasteiger partial charge in [-0.15, -0.1) is 11.8 Å². The van der Waals surface area contributed by atoms with Crippen LogP contribution < -0.4 is 15.4 Å². The maximum absolute atomic E-state index is 12.7. The van der Waals surface area contributed by atoms with Crippen LogP contribution >= 0.6 is 11.8 Å². The molecule has 1 unspecified atom stereocenters. The number of thioether (sulfide) groups is 1. The van der Waals surface area contributed by atoms with Gasteiger partial charge in [0.1, 0.15) is 18.4 Å². The van der Waals surface area contributed by atoms with Crippen LogP contribution in [0.4, 0.5) is 0 Å². The molecule has 2 N–H and O–H groups in total. The highest BCUT2D eigenvalue weighted by molar-refractivity contribution is 7.99. The topological polar surface area (TPSA) is 67.4 Å². The smallest absolute Gasteiger partial charge is 0.243 e. The minimum Gasteiger partial charge on any atom is -0.489 e. The molecule has 5 nitrogen and oxygen atoms in total. The molecular weight excluding hydrogens is 420 g/mol. The molecule has 0 aliphatic carbocycles. The summed E-state index contributed by atoms with van der Waals surface area (Å²) in [6.07, 6.45) is 0. The second-order valence-electron chi connectivity index (χ2n) is 7.51. The Morgan fingerprint density at radius 1 is 0.906 bits per heavy atom. The Morgan fingerprint density at radius 2 is 1.59 bits per heavy atom. The number of benzene rings is 3. The number of hydrogen-bond acceptors (Lipinski definition) is 4. The Hall–Kier alpha value is -3.25. The third-order valence-corrected chi connectivity index (χ3v) is 5.88. The van der Waals surface area contributed by atoms with E-state index < -0.39 is 6.04 Å². The van der Waals surface area contributed by atoms with Gasteiger partial charge in [0.2, 0.25) is 11.8 Å². The summed E-state index contributed by atoms with van der Waals surface area (Å²) < 4.78 is 5.81. The van der Waals surface area contributed by atoms with E-state index in [1.54, 1.807) is 0 Å². The van der Waals surface area contributed by atoms with Crippen molar-refractivity contribution in [2.75, 3.05) is 5.75 Å². The molecule has 0 aliphatic rings. The number of nitrogens with one attached hydrogen (secondary N) is 2. The van der Waals surface area contributed by atoms with Gasteiger partial charge >= 0.3 is 0 Å². The molecule has 32 heavy (non-hydrogen) atoms. The minimum absolute atomic E-state index is 0.198. The molecule has 3 aromatic carbocycles. The van der Waals surface area contributed by atoms with E-state index >= 15 is 0 Å². The van der Waals surface area contributed by atoms with Gasteiger partial charge in [0.05, 0.1) is 0 Å². The zero-order chi connectivity index (χ0) is 22.8. The van der Waals surface area contributed by atoms with Crippen molar-refractivity contribution in [3.63, 3.8) is 0 Å². The molecule has 166 valence electrons. The molecular formula is C26H28N2O3S. The van der Waals surface area contributed by atoms with Crippen LogP contribution in [0.1, 0.15) is 23.6 Å². The fraction of sp³-hybridized carbons (Fsp3) is 0.231. The number of ether oxygens (including phenoxy) is 1. The van der Waals surface area contributed by atoms with Crippen LogP contribution in [0.5, 0.6) is 5.75 Å². The van der Waals surface area contributed by atoms with Crippen LogP contribution in [0.25, 0.3) is 0 Å². The highest BCUT2D eigenvalue weighted by atomic mass is 32.2. The van der Waals surface area contributed by atoms with Gasteiger partial charge in [-0.2, -0.15) is 0 Å². The zero-order valence-corrected chi connectivity index (χ0v) is 19.2. The van der Waals surface area contributed by atoms with E-state index in [9.17, 15) is 9.59 Å². The van der Waals surface area contributed by atoms with E-state index in [1.165, 1.54) is 24.2 Å². The summed E-state index contributed by atoms with van der Waals surface area (Å²) >= 11 is 1.51. The summed E-state index contributed by atoms with van der Waals surface area (Å²) in [6.45, 7) is 4.38. The zero-order valence-electron chi connectivity index (χ0n) is 18.3. The fourth-order valence-electron chi connectivity index (χ4n) is 3.00. The lowest BCUT2D eigenvalue weighted by atomic mass is 10.1. The Morgan fingerprint density at radius 3 is 2.25 bits per heavy atom. The van der Waals surface area contributed by atoms with E-state index in [4.69, 9.17) is 4.74 Å². The Kier molecular flexibility index (Phi) is 8.75. The summed E-state index contributed by atoms with van der Waals surface area (Å²) in [4.78, 5) is 25.3. The van der Waals surface area contributed by atoms with E-state index in [2.05, 4.69) is 10.6 Å². The van der Waals surface area contributed by atoms with Crippen LogP contribution in [0.15, 0.2) is 83.8 Å². The first-order chi connectivity index (χ1) is 15.5. The van der Waals surface area contributed by atoms with Crippen molar-refractivity contribution in [3.05, 3.63) is 95.6 Å². The van der Waals surface area contributed by atoms with E-state index in [0.717, 1.165) is 21.8 Å². The normalized spacial score (nSPS) is 11.4. The fourth-order valence-corrected chi connectivity index (χ4v) is 3.92. The Bertz CT molecular complexity index is 1010. The molecule has 6 heteroatoms. The number of aryl methyl sites for hydroxylation is 1. The number of carbonyl (C=O) groups excluding carboxylic acids is 2. The quantitative estimate of drug-likeness (QED) is 0.449. The molecule has 2 amide bonds. The van der Waals surface area contributed by atoms with Crippen molar-refractivity contribution >= 4 is 23.6 Å². The molecule has 3 aromatic rings. The van der Waals surface area contributed by atoms with Gasteiger partial charge in [-0.1, -0.05) is 60.2 Å². The van der Waals surface area contributed by atoms with Gasteiger partial charge in [-0.05, 0) is 42.3 Å². The summed E-state index contributed by atoms with van der Waals surface area (Å²) in [5.41, 5.74) is 3.30. The number of hydrogen-bond donors (Lipinski definition) is 2. The average Bonchev–Trinajstić information content (AvgIpc) is 2.81. The van der Waals surface area contributed by atoms with Gasteiger partial charge in [0.15, 0.2) is 0 Å². The van der Waals surface area contributed by atoms with E-state index in [-0.39, 0.29) is 11.8 Å². The summed E-state index contributed by atoms with van der Waals surface area (Å²) in [5.74, 6) is 0.790. The largest absolute Gasteiger partial charge is 0.489 e. The summed E-state index contributed by atoms with van der Waals surface area (Å²) in [5, 5.41) is 5.66. The monoisotopic (exact) mass is 448 g/mol. The number of rotatable bonds is 10. The van der Waals surface area contributed by atoms with Gasteiger partial charge < -0.3 is 15.4 Å². The van der Waals surface area contributed by atoms with Crippen LogP contribution in [-0.4, -0.2) is 23.6 Å². The standard InChI is InChI=1S/C26H28N2O3S/c1-19-8-10-21(11-9-19)16-27-26(30)25(28-20(2)29)18-32-24-14-12-23(13-15-24)31-17-22-6-4-3-5-7-22/h3-15,25H,16-18H2,1-2H3,(H,27,30)(H,28,29). The predicted octanol–water partition coefficient (Wildman–Crippen LogP) is 4.49. The third-order valence-electron chi connectivity index (χ3n) is 4.77. The molecule has 0 aromatic heterocycles. The SMILES string of the molecule is CC(=O)NC(CSc1ccc(OCc2ccccc2)cc1)C(=O)NCc1ccc(C)cc1. The molecule has 3 rings (SSSR count). The maximum atomic E-state index is 12.7. The minimum atomic E-state index is -0.614. The first-order valence-corrected chi connectivity index (χ1v) is 11.5. The van der Waals surface area contributed by atoms with Gasteiger partial charge in [-0.25, -0.2) is 0 Å². The van der Waals surface area contributed by atoms with Crippen LogP contribution in [0.2, 0.25) is 0 Å². The number of amides is 2. The summed E-state index contributed by atoms with van der Waals surface area (Å²) in [6, 6.07) is 25.1. The van der Waals surface area contributed by atoms with Crippen molar-refractivity contribution in [2.24, 2.45) is 0 Å². The Balaban J connectivity index is 1.50. The predicted molar refractivity (Wildman–Crippen MR) is 129 cm³/mol. The van der Waals surface area contributed by atoms with Gasteiger partial charge in [0, 0.05) is 24.1 Å². The third kappa shape index (κ3) is 7.78. The second-order valence-corrected chi connectivity index (χ2v) is 8.61. The van der Waals surface area contributed by atoms with Crippen molar-refractivity contribution in [3.8, 4) is 5.75 Å². The van der Waals surface area contributed by atoms with E-state index in [1.807, 2.05) is 85.8 Å². The molecule has 1 atom stereocenters. The molecule has 0 aliphatic heterocycles. The van der Waals surface area contributed by atoms with Crippen LogP contribution in [-0.2, 0) is 22.7 Å². The lowest BCUT2D eigenvalue weighted by molar-refractivity contribution is -0.127. The maximum Gasteiger partial charge on any atom is 0.243 e. The van der Waals surface area contributed by atoms with Crippen LogP contribution in [0, 0.1) is 6.92 Å². The summed E-state index contributed by atoms with van der Waals surface area (Å²) in [7, 11) is 0. The van der Waals surface area contributed by atoms with E-state index in [0.29, 0.717) is 18.9 Å². The van der Waals surface area contributed by atoms with Crippen molar-refractivity contribution in [2.45, 2.75) is 37.9 Å². The van der Waals surface area contributed by atoms with Crippen molar-refractivity contribution in [1.82, 2.24) is 10.6 Å². The van der Waals surface area contributed by atoms with Crippen LogP contribution in [0.3, 0.4) is 0 Å². The lowest BCUT2D eigenvalue weighted by Gasteiger charge is -2.17. The first kappa shape index (κ1) is 23.4. The first-order valence-electron chi connectivity index (χ1n) is 10.5. The van der Waals surface area contributed by atoms with Gasteiger partial charge in [-0.3, -0.25) is 9.59 Å². The lowest BCUT2D eigenvalue weighted by Crippen LogP contribution is -2.47. The molecule has 0 saturated carbocycles. The van der Waals surface area contributed by atoms with Crippen molar-refractivity contribution in [1.29, 1.82) is 0 Å². The molecule has 0 fully saturated rings. The van der Waals surface area contributed by atoms with Gasteiger partial charge in [0.25, 0.3) is 0 Å². The molecule has 0 spiro atoms. The molecule has 0 radical (unpaired) electrons. The molecule has 0 saturated heterocycles. The molecule has 0 heterocycles.